The number of rotatable bonds is 8. The zero-order valence-electron chi connectivity index (χ0n) is 12.3. The van der Waals surface area contributed by atoms with E-state index >= 15 is 0 Å². The molecule has 0 radical (unpaired) electrons. The third-order valence-electron chi connectivity index (χ3n) is 3.84. The van der Waals surface area contributed by atoms with E-state index in [9.17, 15) is 14.7 Å². The molecule has 0 bridgehead atoms. The van der Waals surface area contributed by atoms with Crippen LogP contribution in [0.25, 0.3) is 0 Å². The van der Waals surface area contributed by atoms with Crippen LogP contribution in [0.2, 0.25) is 0 Å². The van der Waals surface area contributed by atoms with Gasteiger partial charge in [-0.15, -0.1) is 0 Å². The van der Waals surface area contributed by atoms with Gasteiger partial charge in [0.25, 0.3) is 0 Å². The molecular weight excluding hydrogens is 246 g/mol. The summed E-state index contributed by atoms with van der Waals surface area (Å²) in [5.74, 6) is -0.330. The molecule has 0 saturated carbocycles. The van der Waals surface area contributed by atoms with Crippen molar-refractivity contribution in [2.45, 2.75) is 58.5 Å². The lowest BCUT2D eigenvalue weighted by molar-refractivity contribution is -0.126. The molecule has 6 heteroatoms. The van der Waals surface area contributed by atoms with E-state index in [2.05, 4.69) is 10.6 Å². The van der Waals surface area contributed by atoms with Gasteiger partial charge in [-0.1, -0.05) is 34.1 Å². The van der Waals surface area contributed by atoms with Crippen molar-refractivity contribution < 1.29 is 14.7 Å². The Morgan fingerprint density at radius 3 is 2.11 bits per heavy atom. The zero-order chi connectivity index (χ0) is 15.1. The Morgan fingerprint density at radius 2 is 1.79 bits per heavy atom. The second kappa shape index (κ2) is 7.99. The summed E-state index contributed by atoms with van der Waals surface area (Å²) in [7, 11) is 0. The maximum Gasteiger partial charge on any atom is 0.312 e. The first-order valence-corrected chi connectivity index (χ1v) is 6.84. The number of aliphatic hydroxyl groups excluding tert-OH is 1. The Hall–Kier alpha value is -1.30. The van der Waals surface area contributed by atoms with Crippen molar-refractivity contribution in [1.29, 1.82) is 0 Å². The number of carbonyl (C=O) groups is 2. The van der Waals surface area contributed by atoms with E-state index in [0.717, 1.165) is 6.42 Å². The fraction of sp³-hybridized carbons (Fsp3) is 0.846. The van der Waals surface area contributed by atoms with Gasteiger partial charge in [0, 0.05) is 0 Å². The summed E-state index contributed by atoms with van der Waals surface area (Å²) in [4.78, 5) is 23.3. The molecule has 0 heterocycles. The van der Waals surface area contributed by atoms with Gasteiger partial charge in [0.05, 0.1) is 12.1 Å². The molecule has 0 saturated heterocycles. The molecule has 0 aliphatic heterocycles. The van der Waals surface area contributed by atoms with Crippen LogP contribution in [0.1, 0.15) is 47.0 Å². The standard InChI is InChI=1S/C13H27N3O3/c1-5-9(4)10(15-12(14)19)11(18)16-13(6-2,7-3)8-17/h9-10,17H,5-8H2,1-4H3,(H,16,18)(H3,14,15,19). The van der Waals surface area contributed by atoms with Crippen molar-refractivity contribution in [3.63, 3.8) is 0 Å². The average Bonchev–Trinajstić information content (AvgIpc) is 2.41. The highest BCUT2D eigenvalue weighted by Gasteiger charge is 2.32. The predicted molar refractivity (Wildman–Crippen MR) is 74.5 cm³/mol. The number of aliphatic hydroxyl groups is 1. The van der Waals surface area contributed by atoms with E-state index in [1.165, 1.54) is 0 Å². The molecule has 0 aromatic carbocycles. The molecule has 0 aliphatic rings. The van der Waals surface area contributed by atoms with E-state index in [1.807, 2.05) is 27.7 Å². The first-order chi connectivity index (χ1) is 8.85. The lowest BCUT2D eigenvalue weighted by Crippen LogP contribution is -2.59. The number of primary amides is 1. The topological polar surface area (TPSA) is 104 Å². The number of hydrogen-bond donors (Lipinski definition) is 4. The normalized spacial score (nSPS) is 14.6. The summed E-state index contributed by atoms with van der Waals surface area (Å²) in [5.41, 5.74) is 4.47. The second-order valence-electron chi connectivity index (χ2n) is 5.01. The Bertz CT molecular complexity index is 295. The summed E-state index contributed by atoms with van der Waals surface area (Å²) in [5, 5.41) is 14.8. The first kappa shape index (κ1) is 17.7. The molecule has 0 aromatic rings. The molecular formula is C13H27N3O3. The SMILES string of the molecule is CCC(C)C(NC(N)=O)C(=O)NC(CC)(CC)CO. The minimum atomic E-state index is -0.719. The van der Waals surface area contributed by atoms with Crippen LogP contribution in [0, 0.1) is 5.92 Å². The second-order valence-corrected chi connectivity index (χ2v) is 5.01. The van der Waals surface area contributed by atoms with Gasteiger partial charge in [0.2, 0.25) is 5.91 Å². The molecule has 5 N–H and O–H groups in total. The van der Waals surface area contributed by atoms with Crippen molar-refractivity contribution >= 4 is 11.9 Å². The molecule has 3 amide bonds. The highest BCUT2D eigenvalue weighted by molar-refractivity contribution is 5.87. The summed E-state index contributed by atoms with van der Waals surface area (Å²) in [6.07, 6.45) is 1.98. The van der Waals surface area contributed by atoms with Gasteiger partial charge in [-0.05, 0) is 18.8 Å². The van der Waals surface area contributed by atoms with Crippen LogP contribution in [0.4, 0.5) is 4.79 Å². The predicted octanol–water partition coefficient (Wildman–Crippen LogP) is 0.737. The third kappa shape index (κ3) is 5.06. The molecule has 19 heavy (non-hydrogen) atoms. The molecule has 0 rings (SSSR count). The monoisotopic (exact) mass is 273 g/mol. The van der Waals surface area contributed by atoms with E-state index in [4.69, 9.17) is 5.73 Å². The van der Waals surface area contributed by atoms with Crippen LogP contribution in [-0.2, 0) is 4.79 Å². The van der Waals surface area contributed by atoms with Crippen LogP contribution in [0.15, 0.2) is 0 Å². The van der Waals surface area contributed by atoms with Crippen molar-refractivity contribution in [3.8, 4) is 0 Å². The molecule has 2 atom stereocenters. The van der Waals surface area contributed by atoms with Gasteiger partial charge >= 0.3 is 6.03 Å². The molecule has 0 aromatic heterocycles. The molecule has 0 aliphatic carbocycles. The number of urea groups is 1. The number of nitrogens with two attached hydrogens (primary N) is 1. The maximum atomic E-state index is 12.3. The number of nitrogens with one attached hydrogen (secondary N) is 2. The van der Waals surface area contributed by atoms with Gasteiger partial charge < -0.3 is 21.5 Å². The number of hydrogen-bond acceptors (Lipinski definition) is 3. The van der Waals surface area contributed by atoms with E-state index in [0.29, 0.717) is 12.8 Å². The smallest absolute Gasteiger partial charge is 0.312 e. The van der Waals surface area contributed by atoms with Crippen molar-refractivity contribution in [2.75, 3.05) is 6.61 Å². The van der Waals surface area contributed by atoms with Crippen LogP contribution >= 0.6 is 0 Å². The maximum absolute atomic E-state index is 12.3. The van der Waals surface area contributed by atoms with Gasteiger partial charge in [-0.3, -0.25) is 4.79 Å². The lowest BCUT2D eigenvalue weighted by atomic mass is 9.91. The summed E-state index contributed by atoms with van der Waals surface area (Å²) in [6, 6.07) is -1.39. The summed E-state index contributed by atoms with van der Waals surface area (Å²) < 4.78 is 0. The van der Waals surface area contributed by atoms with Crippen molar-refractivity contribution in [3.05, 3.63) is 0 Å². The van der Waals surface area contributed by atoms with Crippen LogP contribution in [-0.4, -0.2) is 35.2 Å². The Morgan fingerprint density at radius 1 is 1.26 bits per heavy atom. The van der Waals surface area contributed by atoms with Crippen LogP contribution in [0.3, 0.4) is 0 Å². The molecule has 0 spiro atoms. The lowest BCUT2D eigenvalue weighted by Gasteiger charge is -2.33. The molecule has 6 nitrogen and oxygen atoms in total. The molecule has 0 fully saturated rings. The van der Waals surface area contributed by atoms with Crippen molar-refractivity contribution in [2.24, 2.45) is 11.7 Å². The first-order valence-electron chi connectivity index (χ1n) is 6.84. The number of carbonyl (C=O) groups excluding carboxylic acids is 2. The van der Waals surface area contributed by atoms with Gasteiger partial charge in [0.15, 0.2) is 0 Å². The largest absolute Gasteiger partial charge is 0.394 e. The Labute approximate surface area is 115 Å². The quantitative estimate of drug-likeness (QED) is 0.524. The summed E-state index contributed by atoms with van der Waals surface area (Å²) >= 11 is 0. The van der Waals surface area contributed by atoms with Gasteiger partial charge in [0.1, 0.15) is 6.04 Å². The van der Waals surface area contributed by atoms with Gasteiger partial charge in [-0.2, -0.15) is 0 Å². The average molecular weight is 273 g/mol. The molecule has 112 valence electrons. The fourth-order valence-electron chi connectivity index (χ4n) is 1.88. The Balaban J connectivity index is 4.94. The van der Waals surface area contributed by atoms with Crippen molar-refractivity contribution in [1.82, 2.24) is 10.6 Å². The minimum absolute atomic E-state index is 0.0300. The van der Waals surface area contributed by atoms with Gasteiger partial charge in [-0.25, -0.2) is 4.79 Å². The fourth-order valence-corrected chi connectivity index (χ4v) is 1.88. The highest BCUT2D eigenvalue weighted by atomic mass is 16.3. The van der Waals surface area contributed by atoms with E-state index in [1.54, 1.807) is 0 Å². The highest BCUT2D eigenvalue weighted by Crippen LogP contribution is 2.16. The van der Waals surface area contributed by atoms with Crippen LogP contribution in [0.5, 0.6) is 0 Å². The third-order valence-corrected chi connectivity index (χ3v) is 3.84. The molecule has 2 unspecified atom stereocenters. The minimum Gasteiger partial charge on any atom is -0.394 e. The zero-order valence-corrected chi connectivity index (χ0v) is 12.3. The van der Waals surface area contributed by atoms with E-state index in [-0.39, 0.29) is 18.4 Å². The number of amides is 3. The van der Waals surface area contributed by atoms with E-state index < -0.39 is 17.6 Å². The Kier molecular flexibility index (Phi) is 7.44. The summed E-state index contributed by atoms with van der Waals surface area (Å²) in [6.45, 7) is 7.49. The van der Waals surface area contributed by atoms with Crippen LogP contribution < -0.4 is 16.4 Å².